The number of sulfonamides is 1. The van der Waals surface area contributed by atoms with E-state index in [4.69, 9.17) is 0 Å². The fourth-order valence-electron chi connectivity index (χ4n) is 2.94. The van der Waals surface area contributed by atoms with Crippen molar-refractivity contribution in [1.82, 2.24) is 4.31 Å². The SMILES string of the molecule is COC(=O)c1ccc(NC(=O)C2CCC(=O)N2S(=O)(=O)c2ccccc2)cc1. The fourth-order valence-corrected chi connectivity index (χ4v) is 4.56. The summed E-state index contributed by atoms with van der Waals surface area (Å²) in [6.45, 7) is 0. The van der Waals surface area contributed by atoms with Crippen LogP contribution in [0.1, 0.15) is 23.2 Å². The lowest BCUT2D eigenvalue weighted by atomic mass is 10.2. The Morgan fingerprint density at radius 3 is 2.32 bits per heavy atom. The molecule has 0 aromatic heterocycles. The maximum absolute atomic E-state index is 12.8. The van der Waals surface area contributed by atoms with E-state index >= 15 is 0 Å². The summed E-state index contributed by atoms with van der Waals surface area (Å²) in [5.41, 5.74) is 0.680. The zero-order valence-corrected chi connectivity index (χ0v) is 15.8. The maximum Gasteiger partial charge on any atom is 0.337 e. The number of esters is 1. The van der Waals surface area contributed by atoms with Gasteiger partial charge in [0.1, 0.15) is 6.04 Å². The second-order valence-electron chi connectivity index (χ2n) is 6.12. The molecule has 1 aliphatic rings. The molecule has 0 radical (unpaired) electrons. The van der Waals surface area contributed by atoms with Crippen LogP contribution in [0.4, 0.5) is 5.69 Å². The van der Waals surface area contributed by atoms with E-state index in [2.05, 4.69) is 10.1 Å². The van der Waals surface area contributed by atoms with E-state index < -0.39 is 33.8 Å². The number of rotatable bonds is 5. The Morgan fingerprint density at radius 1 is 1.07 bits per heavy atom. The Morgan fingerprint density at radius 2 is 1.71 bits per heavy atom. The van der Waals surface area contributed by atoms with Crippen LogP contribution < -0.4 is 5.32 Å². The van der Waals surface area contributed by atoms with E-state index in [1.54, 1.807) is 18.2 Å². The first kappa shape index (κ1) is 19.6. The van der Waals surface area contributed by atoms with Crippen molar-refractivity contribution in [3.05, 3.63) is 60.2 Å². The molecule has 1 saturated heterocycles. The van der Waals surface area contributed by atoms with Crippen molar-refractivity contribution in [2.75, 3.05) is 12.4 Å². The fraction of sp³-hybridized carbons (Fsp3) is 0.211. The van der Waals surface area contributed by atoms with Crippen molar-refractivity contribution in [2.45, 2.75) is 23.8 Å². The summed E-state index contributed by atoms with van der Waals surface area (Å²) in [6.07, 6.45) is 0.0579. The molecule has 2 aromatic rings. The predicted octanol–water partition coefficient (Wildman–Crippen LogP) is 1.79. The van der Waals surface area contributed by atoms with E-state index in [0.717, 1.165) is 0 Å². The third kappa shape index (κ3) is 3.74. The van der Waals surface area contributed by atoms with E-state index in [0.29, 0.717) is 15.6 Å². The van der Waals surface area contributed by atoms with Crippen molar-refractivity contribution < 1.29 is 27.5 Å². The molecule has 2 aromatic carbocycles. The van der Waals surface area contributed by atoms with Gasteiger partial charge < -0.3 is 10.1 Å². The highest BCUT2D eigenvalue weighted by Gasteiger charge is 2.44. The first-order valence-corrected chi connectivity index (χ1v) is 9.90. The molecule has 9 heteroatoms. The lowest BCUT2D eigenvalue weighted by molar-refractivity contribution is -0.128. The van der Waals surface area contributed by atoms with Crippen LogP contribution in [-0.2, 0) is 24.3 Å². The summed E-state index contributed by atoms with van der Waals surface area (Å²) in [5.74, 6) is -1.75. The molecule has 1 atom stereocenters. The molecule has 3 rings (SSSR count). The van der Waals surface area contributed by atoms with Crippen LogP contribution in [0, 0.1) is 0 Å². The van der Waals surface area contributed by atoms with Crippen molar-refractivity contribution in [1.29, 1.82) is 0 Å². The third-order valence-corrected chi connectivity index (χ3v) is 6.18. The second-order valence-corrected chi connectivity index (χ2v) is 7.94. The molecular weight excluding hydrogens is 384 g/mol. The summed E-state index contributed by atoms with van der Waals surface area (Å²) in [6, 6.07) is 12.3. The van der Waals surface area contributed by atoms with Crippen molar-refractivity contribution in [3.63, 3.8) is 0 Å². The van der Waals surface area contributed by atoms with Crippen LogP contribution in [0.15, 0.2) is 59.5 Å². The summed E-state index contributed by atoms with van der Waals surface area (Å²) >= 11 is 0. The van der Waals surface area contributed by atoms with E-state index in [-0.39, 0.29) is 17.7 Å². The molecule has 8 nitrogen and oxygen atoms in total. The number of benzene rings is 2. The van der Waals surface area contributed by atoms with Crippen LogP contribution in [0.3, 0.4) is 0 Å². The Hall–Kier alpha value is -3.20. The zero-order chi connectivity index (χ0) is 20.3. The molecule has 2 amide bonds. The minimum Gasteiger partial charge on any atom is -0.465 e. The first-order valence-electron chi connectivity index (χ1n) is 8.46. The van der Waals surface area contributed by atoms with Gasteiger partial charge in [-0.2, -0.15) is 0 Å². The Labute approximate surface area is 162 Å². The molecule has 1 unspecified atom stereocenters. The van der Waals surface area contributed by atoms with Gasteiger partial charge in [0.2, 0.25) is 11.8 Å². The minimum atomic E-state index is -4.13. The number of anilines is 1. The summed E-state index contributed by atoms with van der Waals surface area (Å²) in [5, 5.41) is 2.59. The van der Waals surface area contributed by atoms with Crippen LogP contribution >= 0.6 is 0 Å². The minimum absolute atomic E-state index is 0.0363. The van der Waals surface area contributed by atoms with Gasteiger partial charge in [0.25, 0.3) is 10.0 Å². The first-order chi connectivity index (χ1) is 13.3. The van der Waals surface area contributed by atoms with Gasteiger partial charge in [0.15, 0.2) is 0 Å². The quantitative estimate of drug-likeness (QED) is 0.764. The molecule has 28 heavy (non-hydrogen) atoms. The van der Waals surface area contributed by atoms with Crippen molar-refractivity contribution in [3.8, 4) is 0 Å². The number of carbonyl (C=O) groups excluding carboxylic acids is 3. The molecule has 0 spiro atoms. The molecule has 0 saturated carbocycles. The summed E-state index contributed by atoms with van der Waals surface area (Å²) in [4.78, 5) is 36.3. The standard InChI is InChI=1S/C19H18N2O6S/c1-27-19(24)13-7-9-14(10-8-13)20-18(23)16-11-12-17(22)21(16)28(25,26)15-5-3-2-4-6-15/h2-10,16H,11-12H2,1H3,(H,20,23). The monoisotopic (exact) mass is 402 g/mol. The van der Waals surface area contributed by atoms with Crippen LogP contribution in [0.25, 0.3) is 0 Å². The number of amides is 2. The number of nitrogens with one attached hydrogen (secondary N) is 1. The van der Waals surface area contributed by atoms with Gasteiger partial charge in [-0.15, -0.1) is 0 Å². The average molecular weight is 402 g/mol. The number of carbonyl (C=O) groups is 3. The number of nitrogens with zero attached hydrogens (tertiary/aromatic N) is 1. The summed E-state index contributed by atoms with van der Waals surface area (Å²) < 4.78 is 30.9. The number of hydrogen-bond donors (Lipinski definition) is 1. The van der Waals surface area contributed by atoms with E-state index in [1.165, 1.54) is 43.5 Å². The molecule has 0 bridgehead atoms. The highest BCUT2D eigenvalue weighted by Crippen LogP contribution is 2.28. The van der Waals surface area contributed by atoms with Crippen LogP contribution in [-0.4, -0.2) is 43.7 Å². The van der Waals surface area contributed by atoms with Crippen LogP contribution in [0.5, 0.6) is 0 Å². The third-order valence-electron chi connectivity index (χ3n) is 4.34. The highest BCUT2D eigenvalue weighted by atomic mass is 32.2. The van der Waals surface area contributed by atoms with Gasteiger partial charge in [0.05, 0.1) is 17.6 Å². The highest BCUT2D eigenvalue weighted by molar-refractivity contribution is 7.89. The number of hydrogen-bond acceptors (Lipinski definition) is 6. The topological polar surface area (TPSA) is 110 Å². The Bertz CT molecular complexity index is 1000. The zero-order valence-electron chi connectivity index (χ0n) is 15.0. The van der Waals surface area contributed by atoms with Gasteiger partial charge in [-0.1, -0.05) is 18.2 Å². The maximum atomic E-state index is 12.8. The molecule has 1 aliphatic heterocycles. The largest absolute Gasteiger partial charge is 0.465 e. The molecule has 0 aliphatic carbocycles. The normalized spacial score (nSPS) is 16.7. The van der Waals surface area contributed by atoms with E-state index in [1.807, 2.05) is 0 Å². The van der Waals surface area contributed by atoms with Crippen molar-refractivity contribution in [2.24, 2.45) is 0 Å². The van der Waals surface area contributed by atoms with Gasteiger partial charge in [-0.3, -0.25) is 9.59 Å². The van der Waals surface area contributed by atoms with E-state index in [9.17, 15) is 22.8 Å². The van der Waals surface area contributed by atoms with Gasteiger partial charge >= 0.3 is 5.97 Å². The van der Waals surface area contributed by atoms with Gasteiger partial charge in [-0.05, 0) is 42.8 Å². The Balaban J connectivity index is 1.81. The lowest BCUT2D eigenvalue weighted by Gasteiger charge is -2.23. The molecular formula is C19H18N2O6S. The molecule has 1 fully saturated rings. The average Bonchev–Trinajstić information content (AvgIpc) is 3.11. The van der Waals surface area contributed by atoms with Crippen LogP contribution in [0.2, 0.25) is 0 Å². The number of methoxy groups -OCH3 is 1. The Kier molecular flexibility index (Phi) is 5.46. The van der Waals surface area contributed by atoms with Gasteiger partial charge in [-0.25, -0.2) is 17.5 Å². The predicted molar refractivity (Wildman–Crippen MR) is 99.9 cm³/mol. The number of ether oxygens (including phenoxy) is 1. The smallest absolute Gasteiger partial charge is 0.337 e. The van der Waals surface area contributed by atoms with Crippen molar-refractivity contribution >= 4 is 33.5 Å². The second kappa shape index (κ2) is 7.81. The lowest BCUT2D eigenvalue weighted by Crippen LogP contribution is -2.45. The molecule has 1 heterocycles. The molecule has 1 N–H and O–H groups in total. The van der Waals surface area contributed by atoms with Gasteiger partial charge in [0, 0.05) is 12.1 Å². The summed E-state index contributed by atoms with van der Waals surface area (Å²) in [7, 11) is -2.87. The molecule has 146 valence electrons.